The predicted molar refractivity (Wildman–Crippen MR) is 125 cm³/mol. The van der Waals surface area contributed by atoms with E-state index in [9.17, 15) is 19.5 Å². The zero-order chi connectivity index (χ0) is 24.4. The first-order valence-electron chi connectivity index (χ1n) is 9.92. The highest BCUT2D eigenvalue weighted by molar-refractivity contribution is 8.06. The number of thioether (sulfide) groups is 2. The third-order valence-corrected chi connectivity index (χ3v) is 8.20. The Morgan fingerprint density at radius 3 is 2.79 bits per heavy atom. The Balaban J connectivity index is 1.48. The lowest BCUT2D eigenvalue weighted by Crippen LogP contribution is -2.73. The number of nitrogens with two attached hydrogens (primary N) is 1. The summed E-state index contributed by atoms with van der Waals surface area (Å²) in [6.07, 6.45) is 3.79. The molecule has 0 spiro atoms. The standard InChI is InChI=1S/C20H20N6O5S3/c1-25-5-3-10(4-6-25)32-9-13-16(19(29)30)26-12(8-33-13)15(18(26)28)23-17(27)14(24-31-2)11-7-34-20(21)22-11/h3-7,12,15H,8-9H2,1-2H3,(H3-,21,22,23,27,29,30). The number of aromatic nitrogens is 2. The molecule has 0 saturated carbocycles. The molecule has 2 amide bonds. The van der Waals surface area contributed by atoms with Gasteiger partial charge in [-0.3, -0.25) is 9.59 Å². The molecule has 4 heterocycles. The summed E-state index contributed by atoms with van der Waals surface area (Å²) in [6, 6.07) is 2.42. The molecular formula is C20H20N6O5S3. The van der Waals surface area contributed by atoms with E-state index < -0.39 is 29.9 Å². The smallest absolute Gasteiger partial charge is 0.276 e. The van der Waals surface area contributed by atoms with Gasteiger partial charge in [-0.1, -0.05) is 5.16 Å². The maximum atomic E-state index is 12.9. The molecule has 14 heteroatoms. The van der Waals surface area contributed by atoms with Gasteiger partial charge in [-0.2, -0.15) is 0 Å². The largest absolute Gasteiger partial charge is 0.543 e. The van der Waals surface area contributed by atoms with Crippen molar-refractivity contribution in [3.63, 3.8) is 0 Å². The molecular weight excluding hydrogens is 500 g/mol. The maximum absolute atomic E-state index is 12.9. The third-order valence-electron chi connectivity index (χ3n) is 5.11. The van der Waals surface area contributed by atoms with Crippen LogP contribution in [-0.4, -0.2) is 64.1 Å². The van der Waals surface area contributed by atoms with Crippen LogP contribution < -0.4 is 20.7 Å². The highest BCUT2D eigenvalue weighted by Gasteiger charge is 2.52. The van der Waals surface area contributed by atoms with Crippen molar-refractivity contribution in [1.82, 2.24) is 15.2 Å². The SMILES string of the molecule is CON=C(C(=O)NC1C(=O)N2C(C(=O)[O-])=C(CSc3cc[n+](C)cc3)SCC12)c1csc(N)n1. The van der Waals surface area contributed by atoms with Gasteiger partial charge in [0, 0.05) is 38.8 Å². The minimum atomic E-state index is -1.43. The second kappa shape index (κ2) is 10.0. The summed E-state index contributed by atoms with van der Waals surface area (Å²) >= 11 is 3.94. The summed E-state index contributed by atoms with van der Waals surface area (Å²) in [7, 11) is 3.19. The molecule has 34 heavy (non-hydrogen) atoms. The zero-order valence-electron chi connectivity index (χ0n) is 18.1. The Morgan fingerprint density at radius 1 is 1.44 bits per heavy atom. The summed E-state index contributed by atoms with van der Waals surface area (Å²) in [5.74, 6) is -1.82. The Morgan fingerprint density at radius 2 is 2.18 bits per heavy atom. The molecule has 0 bridgehead atoms. The summed E-state index contributed by atoms with van der Waals surface area (Å²) in [6.45, 7) is 0. The van der Waals surface area contributed by atoms with E-state index >= 15 is 0 Å². The molecule has 0 aromatic carbocycles. The van der Waals surface area contributed by atoms with Crippen molar-refractivity contribution in [3.8, 4) is 0 Å². The van der Waals surface area contributed by atoms with Crippen LogP contribution >= 0.6 is 34.9 Å². The number of carboxylic acid groups (broad SMARTS) is 1. The van der Waals surface area contributed by atoms with Crippen molar-refractivity contribution in [1.29, 1.82) is 0 Å². The monoisotopic (exact) mass is 520 g/mol. The summed E-state index contributed by atoms with van der Waals surface area (Å²) in [4.78, 5) is 49.1. The molecule has 11 nitrogen and oxygen atoms in total. The lowest BCUT2D eigenvalue weighted by atomic mass is 9.94. The van der Waals surface area contributed by atoms with Gasteiger partial charge in [-0.05, 0) is 0 Å². The van der Waals surface area contributed by atoms with Crippen LogP contribution in [0.3, 0.4) is 0 Å². The average Bonchev–Trinajstić information content (AvgIpc) is 3.25. The van der Waals surface area contributed by atoms with Crippen LogP contribution in [0.2, 0.25) is 0 Å². The highest BCUT2D eigenvalue weighted by atomic mass is 32.2. The first-order valence-corrected chi connectivity index (χ1v) is 12.8. The predicted octanol–water partition coefficient (Wildman–Crippen LogP) is -0.903. The van der Waals surface area contributed by atoms with Crippen LogP contribution in [0, 0.1) is 0 Å². The van der Waals surface area contributed by atoms with Crippen molar-refractivity contribution in [2.75, 3.05) is 24.3 Å². The molecule has 2 unspecified atom stereocenters. The van der Waals surface area contributed by atoms with Crippen molar-refractivity contribution >= 4 is 63.5 Å². The van der Waals surface area contributed by atoms with Gasteiger partial charge in [-0.25, -0.2) is 9.55 Å². The molecule has 2 aromatic rings. The summed E-state index contributed by atoms with van der Waals surface area (Å²) < 4.78 is 1.90. The number of aryl methyl sites for hydroxylation is 1. The van der Waals surface area contributed by atoms with Gasteiger partial charge in [0.1, 0.15) is 25.9 Å². The second-order valence-corrected chi connectivity index (χ2v) is 10.3. The molecule has 2 atom stereocenters. The number of carboxylic acids is 1. The third kappa shape index (κ3) is 4.74. The molecule has 2 aliphatic heterocycles. The van der Waals surface area contributed by atoms with Gasteiger partial charge < -0.3 is 30.7 Å². The molecule has 0 radical (unpaired) electrons. The average molecular weight is 521 g/mol. The number of carbonyl (C=O) groups is 3. The van der Waals surface area contributed by atoms with Gasteiger partial charge in [0.25, 0.3) is 11.8 Å². The highest BCUT2D eigenvalue weighted by Crippen LogP contribution is 2.40. The van der Waals surface area contributed by atoms with Crippen LogP contribution in [0.15, 0.2) is 50.6 Å². The maximum Gasteiger partial charge on any atom is 0.276 e. The minimum absolute atomic E-state index is 0.130. The van der Waals surface area contributed by atoms with Gasteiger partial charge in [0.05, 0.1) is 17.7 Å². The van der Waals surface area contributed by atoms with Crippen LogP contribution in [-0.2, 0) is 26.3 Å². The fraction of sp³-hybridized carbons (Fsp3) is 0.300. The van der Waals surface area contributed by atoms with Crippen molar-refractivity contribution < 1.29 is 28.9 Å². The number of hydrogen-bond acceptors (Lipinski definition) is 11. The van der Waals surface area contributed by atoms with Crippen LogP contribution in [0.1, 0.15) is 5.69 Å². The zero-order valence-corrected chi connectivity index (χ0v) is 20.5. The molecule has 3 N–H and O–H groups in total. The molecule has 0 aliphatic carbocycles. The quantitative estimate of drug-likeness (QED) is 0.148. The van der Waals surface area contributed by atoms with Crippen LogP contribution in [0.4, 0.5) is 5.13 Å². The normalized spacial score (nSPS) is 20.0. The number of rotatable bonds is 8. The Bertz CT molecular complexity index is 1200. The number of anilines is 1. The molecule has 1 fully saturated rings. The molecule has 178 valence electrons. The number of thiazole rings is 1. The molecule has 2 aliphatic rings. The van der Waals surface area contributed by atoms with Crippen molar-refractivity contribution in [2.24, 2.45) is 12.2 Å². The minimum Gasteiger partial charge on any atom is -0.543 e. The topological polar surface area (TPSA) is 154 Å². The van der Waals surface area contributed by atoms with Gasteiger partial charge in [0.2, 0.25) is 0 Å². The Hall–Kier alpha value is -3.10. The fourth-order valence-corrected chi connectivity index (χ4v) is 6.33. The first-order chi connectivity index (χ1) is 16.3. The number of β-lactam (4-membered cyclic amide) rings is 1. The second-order valence-electron chi connectivity index (χ2n) is 7.28. The number of nitrogens with zero attached hydrogens (tertiary/aromatic N) is 4. The molecule has 2 aromatic heterocycles. The van der Waals surface area contributed by atoms with E-state index in [1.54, 1.807) is 5.38 Å². The van der Waals surface area contributed by atoms with E-state index in [0.717, 1.165) is 16.2 Å². The molecule has 1 saturated heterocycles. The Labute approximate surface area is 207 Å². The van der Waals surface area contributed by atoms with E-state index in [2.05, 4.69) is 15.5 Å². The number of carbonyl (C=O) groups excluding carboxylic acids is 3. The van der Waals surface area contributed by atoms with E-state index in [0.29, 0.717) is 16.4 Å². The number of aliphatic carboxylic acids is 1. The van der Waals surface area contributed by atoms with E-state index in [4.69, 9.17) is 10.6 Å². The number of hydrogen-bond donors (Lipinski definition) is 2. The molecule has 4 rings (SSSR count). The fourth-order valence-electron chi connectivity index (χ4n) is 3.49. The van der Waals surface area contributed by atoms with Gasteiger partial charge in [0.15, 0.2) is 23.2 Å². The van der Waals surface area contributed by atoms with Gasteiger partial charge >= 0.3 is 0 Å². The van der Waals surface area contributed by atoms with E-state index in [-0.39, 0.29) is 22.2 Å². The van der Waals surface area contributed by atoms with Gasteiger partial charge in [-0.15, -0.1) is 34.9 Å². The number of fused-ring (bicyclic) bond motifs is 1. The lowest BCUT2D eigenvalue weighted by molar-refractivity contribution is -0.671. The summed E-state index contributed by atoms with van der Waals surface area (Å²) in [5, 5.41) is 20.1. The van der Waals surface area contributed by atoms with E-state index in [1.807, 2.05) is 36.1 Å². The number of nitrogen functional groups attached to an aromatic ring is 1. The van der Waals surface area contributed by atoms with E-state index in [1.165, 1.54) is 35.5 Å². The lowest BCUT2D eigenvalue weighted by Gasteiger charge is -2.51. The number of amides is 2. The number of oxime groups is 1. The first kappa shape index (κ1) is 24.0. The van der Waals surface area contributed by atoms with Crippen LogP contribution in [0.25, 0.3) is 0 Å². The number of nitrogens with one attached hydrogen (secondary N) is 1. The van der Waals surface area contributed by atoms with Crippen molar-refractivity contribution in [2.45, 2.75) is 17.0 Å². The van der Waals surface area contributed by atoms with Crippen LogP contribution in [0.5, 0.6) is 0 Å². The van der Waals surface area contributed by atoms with Crippen molar-refractivity contribution in [3.05, 3.63) is 46.2 Å². The number of pyridine rings is 1. The Kier molecular flexibility index (Phi) is 7.09. The summed E-state index contributed by atoms with van der Waals surface area (Å²) in [5.41, 5.74) is 5.57.